The summed E-state index contributed by atoms with van der Waals surface area (Å²) in [5, 5.41) is 18.1. The smallest absolute Gasteiger partial charge is 0.163 e. The molecule has 0 amide bonds. The van der Waals surface area contributed by atoms with E-state index in [0.717, 1.165) is 16.5 Å². The van der Waals surface area contributed by atoms with Crippen LogP contribution >= 0.6 is 11.8 Å². The summed E-state index contributed by atoms with van der Waals surface area (Å²) in [7, 11) is 1.61. The lowest BCUT2D eigenvalue weighted by molar-refractivity contribution is 0.415. The molecule has 2 aromatic carbocycles. The molecule has 32 heavy (non-hydrogen) atoms. The predicted molar refractivity (Wildman–Crippen MR) is 128 cm³/mol. The molecule has 0 aliphatic carbocycles. The predicted octanol–water partition coefficient (Wildman–Crippen LogP) is 5.23. The maximum atomic E-state index is 13.1. The van der Waals surface area contributed by atoms with Gasteiger partial charge in [0.15, 0.2) is 5.82 Å². The van der Waals surface area contributed by atoms with Crippen LogP contribution in [-0.2, 0) is 0 Å². The molecule has 4 rings (SSSR count). The van der Waals surface area contributed by atoms with E-state index >= 15 is 0 Å². The molecule has 2 aromatic heterocycles. The highest BCUT2D eigenvalue weighted by Crippen LogP contribution is 2.28. The number of halogens is 1. The maximum Gasteiger partial charge on any atom is 0.163 e. The normalized spacial score (nSPS) is 10.2. The van der Waals surface area contributed by atoms with Gasteiger partial charge in [-0.15, -0.1) is 0 Å². The van der Waals surface area contributed by atoms with Crippen molar-refractivity contribution in [2.24, 2.45) is 0 Å². The average Bonchev–Trinajstić information content (AvgIpc) is 2.85. The summed E-state index contributed by atoms with van der Waals surface area (Å²) in [6.45, 7) is 2.50. The van der Waals surface area contributed by atoms with Crippen molar-refractivity contribution < 1.29 is 9.13 Å². The SMILES string of the molecule is C=N.COc1ccc2nc(-c3cccnc3)nc(NCSC(=N)c3ccc(F)cc3)c2c1. The van der Waals surface area contributed by atoms with Crippen LogP contribution in [0.15, 0.2) is 67.0 Å². The van der Waals surface area contributed by atoms with E-state index in [1.807, 2.05) is 30.3 Å². The van der Waals surface area contributed by atoms with E-state index in [-0.39, 0.29) is 5.82 Å². The Morgan fingerprint density at radius 3 is 2.59 bits per heavy atom. The molecule has 4 aromatic rings. The van der Waals surface area contributed by atoms with Gasteiger partial charge in [-0.3, -0.25) is 10.4 Å². The molecular formula is C23H21FN6OS. The van der Waals surface area contributed by atoms with Crippen molar-refractivity contribution in [1.29, 1.82) is 10.8 Å². The summed E-state index contributed by atoms with van der Waals surface area (Å²) < 4.78 is 18.4. The first-order chi connectivity index (χ1) is 15.6. The Morgan fingerprint density at radius 2 is 1.91 bits per heavy atom. The second-order valence-electron chi connectivity index (χ2n) is 6.32. The number of nitrogens with one attached hydrogen (secondary N) is 3. The molecule has 0 atom stereocenters. The third-order valence-corrected chi connectivity index (χ3v) is 5.20. The number of pyridine rings is 1. The van der Waals surface area contributed by atoms with Gasteiger partial charge >= 0.3 is 0 Å². The molecule has 0 aliphatic rings. The number of rotatable bonds is 6. The first-order valence-corrected chi connectivity index (χ1v) is 10.5. The Hall–Kier alpha value is -3.85. The molecule has 0 bridgehead atoms. The largest absolute Gasteiger partial charge is 0.497 e. The quantitative estimate of drug-likeness (QED) is 0.212. The van der Waals surface area contributed by atoms with Gasteiger partial charge in [-0.1, -0.05) is 11.8 Å². The maximum absolute atomic E-state index is 13.1. The van der Waals surface area contributed by atoms with Crippen molar-refractivity contribution in [3.8, 4) is 17.1 Å². The fraction of sp³-hybridized carbons (Fsp3) is 0.0870. The topological polar surface area (TPSA) is 108 Å². The Morgan fingerprint density at radius 1 is 1.12 bits per heavy atom. The van der Waals surface area contributed by atoms with Crippen molar-refractivity contribution in [2.45, 2.75) is 0 Å². The molecule has 0 unspecified atom stereocenters. The molecule has 2 heterocycles. The minimum atomic E-state index is -0.320. The van der Waals surface area contributed by atoms with Crippen LogP contribution in [0.25, 0.3) is 22.3 Å². The van der Waals surface area contributed by atoms with Crippen LogP contribution in [0.2, 0.25) is 0 Å². The minimum absolute atomic E-state index is 0.320. The van der Waals surface area contributed by atoms with Gasteiger partial charge in [-0.2, -0.15) is 0 Å². The number of nitrogens with zero attached hydrogens (tertiary/aromatic N) is 3. The van der Waals surface area contributed by atoms with Gasteiger partial charge in [0.1, 0.15) is 17.4 Å². The summed E-state index contributed by atoms with van der Waals surface area (Å²) >= 11 is 1.30. The number of hydrogen-bond donors (Lipinski definition) is 3. The van der Waals surface area contributed by atoms with Crippen molar-refractivity contribution in [3.05, 3.63) is 78.4 Å². The van der Waals surface area contributed by atoms with Crippen molar-refractivity contribution in [2.75, 3.05) is 18.3 Å². The molecule has 0 spiro atoms. The van der Waals surface area contributed by atoms with Gasteiger partial charge in [0.2, 0.25) is 0 Å². The first kappa shape index (κ1) is 22.8. The molecule has 0 radical (unpaired) electrons. The van der Waals surface area contributed by atoms with E-state index in [4.69, 9.17) is 15.6 Å². The van der Waals surface area contributed by atoms with Gasteiger partial charge in [0, 0.05) is 28.9 Å². The van der Waals surface area contributed by atoms with Crippen molar-refractivity contribution in [1.82, 2.24) is 15.0 Å². The van der Waals surface area contributed by atoms with Gasteiger partial charge in [0.25, 0.3) is 0 Å². The van der Waals surface area contributed by atoms with Crippen molar-refractivity contribution >= 4 is 40.2 Å². The lowest BCUT2D eigenvalue weighted by Crippen LogP contribution is -2.06. The van der Waals surface area contributed by atoms with E-state index in [0.29, 0.717) is 33.9 Å². The van der Waals surface area contributed by atoms with Gasteiger partial charge < -0.3 is 15.5 Å². The van der Waals surface area contributed by atoms with Crippen LogP contribution in [-0.4, -0.2) is 39.7 Å². The molecule has 9 heteroatoms. The van der Waals surface area contributed by atoms with Crippen molar-refractivity contribution in [3.63, 3.8) is 0 Å². The van der Waals surface area contributed by atoms with Crippen LogP contribution < -0.4 is 10.1 Å². The standard InChI is InChI=1S/C22H18FN5OS.CH3N/c1-29-17-8-9-19-18(11-17)22(28-21(27-19)15-3-2-10-25-12-15)26-13-30-20(24)14-4-6-16(23)7-5-14;1-2/h2-12,24H,13H2,1H3,(H,26,27,28);2H,1H2. The van der Waals surface area contributed by atoms with Crippen LogP contribution in [0, 0.1) is 16.6 Å². The fourth-order valence-corrected chi connectivity index (χ4v) is 3.51. The van der Waals surface area contributed by atoms with Gasteiger partial charge in [-0.05, 0) is 61.3 Å². The van der Waals surface area contributed by atoms with E-state index in [2.05, 4.69) is 27.0 Å². The Kier molecular flexibility index (Phi) is 7.82. The number of ether oxygens (including phenoxy) is 1. The molecule has 0 saturated carbocycles. The number of anilines is 1. The zero-order valence-electron chi connectivity index (χ0n) is 17.3. The Balaban J connectivity index is 0.00000141. The fourth-order valence-electron chi connectivity index (χ4n) is 2.85. The van der Waals surface area contributed by atoms with Gasteiger partial charge in [0.05, 0.1) is 23.5 Å². The Labute approximate surface area is 189 Å². The number of methoxy groups -OCH3 is 1. The summed E-state index contributed by atoms with van der Waals surface area (Å²) in [5.41, 5.74) is 2.24. The lowest BCUT2D eigenvalue weighted by atomic mass is 10.2. The molecule has 162 valence electrons. The second-order valence-corrected chi connectivity index (χ2v) is 7.31. The molecule has 7 nitrogen and oxygen atoms in total. The number of aromatic nitrogens is 3. The number of thioether (sulfide) groups is 1. The highest BCUT2D eigenvalue weighted by Gasteiger charge is 2.11. The zero-order valence-corrected chi connectivity index (χ0v) is 18.1. The van der Waals surface area contributed by atoms with E-state index in [1.54, 1.807) is 31.6 Å². The number of benzene rings is 2. The van der Waals surface area contributed by atoms with Crippen LogP contribution in [0.4, 0.5) is 10.2 Å². The van der Waals surface area contributed by atoms with E-state index in [9.17, 15) is 4.39 Å². The van der Waals surface area contributed by atoms with E-state index < -0.39 is 0 Å². The highest BCUT2D eigenvalue weighted by molar-refractivity contribution is 8.14. The number of hydrogen-bond acceptors (Lipinski definition) is 8. The first-order valence-electron chi connectivity index (χ1n) is 9.47. The van der Waals surface area contributed by atoms with Crippen LogP contribution in [0.1, 0.15) is 5.56 Å². The van der Waals surface area contributed by atoms with E-state index in [1.165, 1.54) is 23.9 Å². The molecule has 0 fully saturated rings. The zero-order chi connectivity index (χ0) is 22.9. The monoisotopic (exact) mass is 448 g/mol. The average molecular weight is 449 g/mol. The summed E-state index contributed by atoms with van der Waals surface area (Å²) in [6.07, 6.45) is 3.42. The highest BCUT2D eigenvalue weighted by atomic mass is 32.2. The third kappa shape index (κ3) is 5.44. The molecular weight excluding hydrogens is 427 g/mol. The second kappa shape index (κ2) is 11.0. The summed E-state index contributed by atoms with van der Waals surface area (Å²) in [5.74, 6) is 1.99. The summed E-state index contributed by atoms with van der Waals surface area (Å²) in [6, 6.07) is 15.2. The number of fused-ring (bicyclic) bond motifs is 1. The molecule has 0 aliphatic heterocycles. The van der Waals surface area contributed by atoms with Crippen LogP contribution in [0.3, 0.4) is 0 Å². The summed E-state index contributed by atoms with van der Waals surface area (Å²) in [4.78, 5) is 13.5. The molecule has 0 saturated heterocycles. The Bertz CT molecular complexity index is 1200. The lowest BCUT2D eigenvalue weighted by Gasteiger charge is -2.12. The van der Waals surface area contributed by atoms with Gasteiger partial charge in [-0.25, -0.2) is 14.4 Å². The minimum Gasteiger partial charge on any atom is -0.497 e. The van der Waals surface area contributed by atoms with Crippen LogP contribution in [0.5, 0.6) is 5.75 Å². The molecule has 3 N–H and O–H groups in total. The third-order valence-electron chi connectivity index (χ3n) is 4.39.